The van der Waals surface area contributed by atoms with Crippen LogP contribution >= 0.6 is 0 Å². The molecule has 2 amide bonds. The predicted octanol–water partition coefficient (Wildman–Crippen LogP) is 3.53. The van der Waals surface area contributed by atoms with E-state index in [9.17, 15) is 9.59 Å². The van der Waals surface area contributed by atoms with Crippen molar-refractivity contribution >= 4 is 29.0 Å². The molecule has 1 aromatic heterocycles. The smallest absolute Gasteiger partial charge is 0.255 e. The monoisotopic (exact) mass is 352 g/mol. The molecule has 1 aliphatic heterocycles. The summed E-state index contributed by atoms with van der Waals surface area (Å²) in [6, 6.07) is 10.6. The van der Waals surface area contributed by atoms with Crippen LogP contribution < -0.4 is 15.5 Å². The van der Waals surface area contributed by atoms with E-state index in [-0.39, 0.29) is 11.8 Å². The predicted molar refractivity (Wildman–Crippen MR) is 104 cm³/mol. The number of rotatable bonds is 4. The summed E-state index contributed by atoms with van der Waals surface area (Å²) in [5.74, 6) is 1.31. The van der Waals surface area contributed by atoms with Crippen LogP contribution in [0.5, 0.6) is 0 Å². The zero-order chi connectivity index (χ0) is 18.5. The molecule has 0 unspecified atom stereocenters. The van der Waals surface area contributed by atoms with Gasteiger partial charge >= 0.3 is 0 Å². The van der Waals surface area contributed by atoms with Crippen LogP contribution in [-0.4, -0.2) is 29.9 Å². The minimum Gasteiger partial charge on any atom is -0.357 e. The van der Waals surface area contributed by atoms with Crippen LogP contribution in [0, 0.1) is 5.92 Å². The van der Waals surface area contributed by atoms with E-state index in [4.69, 9.17) is 0 Å². The molecule has 2 aromatic rings. The second-order valence-electron chi connectivity index (χ2n) is 6.79. The van der Waals surface area contributed by atoms with Crippen LogP contribution in [0.2, 0.25) is 0 Å². The van der Waals surface area contributed by atoms with Crippen LogP contribution in [0.4, 0.5) is 17.2 Å². The lowest BCUT2D eigenvalue weighted by atomic mass is 9.99. The maximum absolute atomic E-state index is 12.4. The Bertz CT molecular complexity index is 781. The van der Waals surface area contributed by atoms with Crippen molar-refractivity contribution in [1.29, 1.82) is 0 Å². The molecule has 3 rings (SSSR count). The van der Waals surface area contributed by atoms with E-state index < -0.39 is 0 Å². The van der Waals surface area contributed by atoms with Gasteiger partial charge in [-0.3, -0.25) is 9.59 Å². The highest BCUT2D eigenvalue weighted by atomic mass is 16.2. The Morgan fingerprint density at radius 3 is 2.50 bits per heavy atom. The molecule has 1 saturated heterocycles. The van der Waals surface area contributed by atoms with E-state index in [1.807, 2.05) is 12.1 Å². The Morgan fingerprint density at radius 2 is 1.85 bits per heavy atom. The van der Waals surface area contributed by atoms with Gasteiger partial charge in [-0.25, -0.2) is 4.98 Å². The fourth-order valence-electron chi connectivity index (χ4n) is 3.03. The Morgan fingerprint density at radius 1 is 1.08 bits per heavy atom. The first-order valence-corrected chi connectivity index (χ1v) is 8.91. The summed E-state index contributed by atoms with van der Waals surface area (Å²) in [6.07, 6.45) is 4.05. The summed E-state index contributed by atoms with van der Waals surface area (Å²) in [5.41, 5.74) is 1.72. The lowest BCUT2D eigenvalue weighted by Crippen LogP contribution is -2.33. The lowest BCUT2D eigenvalue weighted by Gasteiger charge is -2.31. The van der Waals surface area contributed by atoms with Gasteiger partial charge in [0.25, 0.3) is 5.91 Å². The number of pyridine rings is 1. The third kappa shape index (κ3) is 4.59. The Balaban J connectivity index is 1.63. The first-order valence-electron chi connectivity index (χ1n) is 8.91. The second-order valence-corrected chi connectivity index (χ2v) is 6.79. The number of nitrogens with one attached hydrogen (secondary N) is 2. The van der Waals surface area contributed by atoms with Crippen molar-refractivity contribution in [2.75, 3.05) is 28.6 Å². The number of anilines is 3. The standard InChI is InChI=1S/C20H24N4O2/c1-14-8-10-24(11-9-14)19-7-6-18(13-21-19)23-20(26)16-4-3-5-17(12-16)22-15(2)25/h3-7,12-14H,8-11H2,1-2H3,(H,22,25)(H,23,26). The highest BCUT2D eigenvalue weighted by Gasteiger charge is 2.17. The summed E-state index contributed by atoms with van der Waals surface area (Å²) >= 11 is 0. The zero-order valence-corrected chi connectivity index (χ0v) is 15.2. The van der Waals surface area contributed by atoms with E-state index in [1.54, 1.807) is 30.5 Å². The molecule has 0 spiro atoms. The van der Waals surface area contributed by atoms with Gasteiger partial charge in [-0.05, 0) is 49.1 Å². The molecule has 0 bridgehead atoms. The van der Waals surface area contributed by atoms with Gasteiger partial charge in [0.2, 0.25) is 5.91 Å². The number of aromatic nitrogens is 1. The number of hydrogen-bond donors (Lipinski definition) is 2. The molecule has 1 aromatic carbocycles. The molecular formula is C20H24N4O2. The molecule has 2 N–H and O–H groups in total. The van der Waals surface area contributed by atoms with E-state index in [0.717, 1.165) is 24.8 Å². The molecule has 1 aliphatic rings. The van der Waals surface area contributed by atoms with Crippen molar-refractivity contribution in [2.24, 2.45) is 5.92 Å². The van der Waals surface area contributed by atoms with Gasteiger partial charge in [-0.2, -0.15) is 0 Å². The van der Waals surface area contributed by atoms with Gasteiger partial charge in [0, 0.05) is 31.3 Å². The summed E-state index contributed by atoms with van der Waals surface area (Å²) in [5, 5.41) is 5.52. The Labute approximate surface area is 153 Å². The summed E-state index contributed by atoms with van der Waals surface area (Å²) < 4.78 is 0. The average Bonchev–Trinajstić information content (AvgIpc) is 2.63. The molecule has 136 valence electrons. The third-order valence-electron chi connectivity index (χ3n) is 4.56. The molecule has 26 heavy (non-hydrogen) atoms. The van der Waals surface area contributed by atoms with Crippen molar-refractivity contribution in [3.63, 3.8) is 0 Å². The summed E-state index contributed by atoms with van der Waals surface area (Å²) in [4.78, 5) is 30.3. The van der Waals surface area contributed by atoms with Crippen molar-refractivity contribution in [1.82, 2.24) is 4.98 Å². The van der Waals surface area contributed by atoms with Gasteiger partial charge in [-0.1, -0.05) is 13.0 Å². The normalized spacial score (nSPS) is 14.8. The third-order valence-corrected chi connectivity index (χ3v) is 4.56. The number of carbonyl (C=O) groups excluding carboxylic acids is 2. The van der Waals surface area contributed by atoms with Gasteiger partial charge in [-0.15, -0.1) is 0 Å². The summed E-state index contributed by atoms with van der Waals surface area (Å²) in [6.45, 7) is 5.76. The largest absolute Gasteiger partial charge is 0.357 e. The molecule has 0 saturated carbocycles. The van der Waals surface area contributed by atoms with Crippen LogP contribution in [0.15, 0.2) is 42.6 Å². The SMILES string of the molecule is CC(=O)Nc1cccc(C(=O)Nc2ccc(N3CCC(C)CC3)nc2)c1. The first kappa shape index (κ1) is 17.9. The first-order chi connectivity index (χ1) is 12.5. The van der Waals surface area contributed by atoms with Gasteiger partial charge in [0.15, 0.2) is 0 Å². The molecule has 0 atom stereocenters. The van der Waals surface area contributed by atoms with Crippen LogP contribution in [-0.2, 0) is 4.79 Å². The van der Waals surface area contributed by atoms with Gasteiger partial charge in [0.1, 0.15) is 5.82 Å². The van der Waals surface area contributed by atoms with Crippen LogP contribution in [0.3, 0.4) is 0 Å². The topological polar surface area (TPSA) is 74.3 Å². The average molecular weight is 352 g/mol. The molecule has 2 heterocycles. The number of hydrogen-bond acceptors (Lipinski definition) is 4. The lowest BCUT2D eigenvalue weighted by molar-refractivity contribution is -0.114. The minimum absolute atomic E-state index is 0.172. The van der Waals surface area contributed by atoms with Crippen LogP contribution in [0.1, 0.15) is 37.0 Å². The fraction of sp³-hybridized carbons (Fsp3) is 0.350. The van der Waals surface area contributed by atoms with E-state index in [1.165, 1.54) is 19.8 Å². The second kappa shape index (κ2) is 7.99. The van der Waals surface area contributed by atoms with Crippen molar-refractivity contribution in [3.05, 3.63) is 48.2 Å². The maximum atomic E-state index is 12.4. The molecule has 6 nitrogen and oxygen atoms in total. The van der Waals surface area contributed by atoms with E-state index in [0.29, 0.717) is 16.9 Å². The Kier molecular flexibility index (Phi) is 5.51. The molecule has 1 fully saturated rings. The maximum Gasteiger partial charge on any atom is 0.255 e. The number of benzene rings is 1. The number of piperidine rings is 1. The van der Waals surface area contributed by atoms with Gasteiger partial charge < -0.3 is 15.5 Å². The van der Waals surface area contributed by atoms with Crippen molar-refractivity contribution in [3.8, 4) is 0 Å². The molecular weight excluding hydrogens is 328 g/mol. The molecule has 0 radical (unpaired) electrons. The molecule has 0 aliphatic carbocycles. The zero-order valence-electron chi connectivity index (χ0n) is 15.2. The van der Waals surface area contributed by atoms with Crippen LogP contribution in [0.25, 0.3) is 0 Å². The van der Waals surface area contributed by atoms with E-state index >= 15 is 0 Å². The minimum atomic E-state index is -0.237. The van der Waals surface area contributed by atoms with Crippen molar-refractivity contribution < 1.29 is 9.59 Å². The fourth-order valence-corrected chi connectivity index (χ4v) is 3.03. The van der Waals surface area contributed by atoms with Gasteiger partial charge in [0.05, 0.1) is 11.9 Å². The van der Waals surface area contributed by atoms with E-state index in [2.05, 4.69) is 27.4 Å². The summed E-state index contributed by atoms with van der Waals surface area (Å²) in [7, 11) is 0. The Hall–Kier alpha value is -2.89. The van der Waals surface area contributed by atoms with Crippen molar-refractivity contribution in [2.45, 2.75) is 26.7 Å². The highest BCUT2D eigenvalue weighted by molar-refractivity contribution is 6.05. The quantitative estimate of drug-likeness (QED) is 0.883. The highest BCUT2D eigenvalue weighted by Crippen LogP contribution is 2.22. The number of amides is 2. The number of nitrogens with zero attached hydrogens (tertiary/aromatic N) is 2. The number of carbonyl (C=O) groups is 2. The molecule has 6 heteroatoms.